The third-order valence-corrected chi connectivity index (χ3v) is 3.31. The summed E-state index contributed by atoms with van der Waals surface area (Å²) in [6.07, 6.45) is 3.32. The Balaban J connectivity index is 2.27. The summed E-state index contributed by atoms with van der Waals surface area (Å²) < 4.78 is 4.66. The Labute approximate surface area is 113 Å². The highest BCUT2D eigenvalue weighted by atomic mass is 35.5. The molecule has 4 nitrogen and oxygen atoms in total. The van der Waals surface area contributed by atoms with Crippen LogP contribution in [0.15, 0.2) is 46.7 Å². The van der Waals surface area contributed by atoms with Crippen LogP contribution in [0.4, 0.5) is 0 Å². The van der Waals surface area contributed by atoms with Crippen LogP contribution < -0.4 is 0 Å². The second kappa shape index (κ2) is 5.84. The molecule has 0 aliphatic carbocycles. The number of carbonyl (C=O) groups is 1. The highest BCUT2D eigenvalue weighted by Gasteiger charge is 2.12. The lowest BCUT2D eigenvalue weighted by atomic mass is 10.2. The van der Waals surface area contributed by atoms with E-state index in [0.29, 0.717) is 15.7 Å². The Bertz CT molecular complexity index is 563. The van der Waals surface area contributed by atoms with Crippen LogP contribution >= 0.6 is 23.4 Å². The summed E-state index contributed by atoms with van der Waals surface area (Å²) in [6.45, 7) is 0. The lowest BCUT2D eigenvalue weighted by molar-refractivity contribution is 0.0600. The molecule has 0 saturated heterocycles. The predicted molar refractivity (Wildman–Crippen MR) is 68.9 cm³/mol. The number of methoxy groups -OCH3 is 1. The summed E-state index contributed by atoms with van der Waals surface area (Å²) in [5.41, 5.74) is 0.333. The minimum atomic E-state index is -0.462. The van der Waals surface area contributed by atoms with Crippen LogP contribution in [0, 0.1) is 0 Å². The molecule has 18 heavy (non-hydrogen) atoms. The number of aromatic nitrogens is 2. The lowest BCUT2D eigenvalue weighted by Crippen LogP contribution is -2.02. The van der Waals surface area contributed by atoms with Crippen molar-refractivity contribution in [3.8, 4) is 0 Å². The molecule has 92 valence electrons. The molecule has 0 aliphatic rings. The van der Waals surface area contributed by atoms with Gasteiger partial charge in [0.25, 0.3) is 0 Å². The maximum Gasteiger partial charge on any atom is 0.339 e. The molecule has 2 rings (SSSR count). The smallest absolute Gasteiger partial charge is 0.339 e. The summed E-state index contributed by atoms with van der Waals surface area (Å²) in [6, 6.07) is 6.86. The number of esters is 1. The summed E-state index contributed by atoms with van der Waals surface area (Å²) in [5, 5.41) is 0.968. The SMILES string of the molecule is COC(=O)c1cc(Sc2ncccn2)ccc1Cl. The molecular weight excluding hydrogens is 272 g/mol. The quantitative estimate of drug-likeness (QED) is 0.639. The molecule has 0 N–H and O–H groups in total. The van der Waals surface area contributed by atoms with Crippen molar-refractivity contribution in [2.75, 3.05) is 7.11 Å². The number of carbonyl (C=O) groups excluding carboxylic acids is 1. The van der Waals surface area contributed by atoms with E-state index >= 15 is 0 Å². The first kappa shape index (κ1) is 12.9. The van der Waals surface area contributed by atoms with Gasteiger partial charge in [-0.1, -0.05) is 11.6 Å². The standard InChI is InChI=1S/C12H9ClN2O2S/c1-17-11(16)9-7-8(3-4-10(9)13)18-12-14-5-2-6-15-12/h2-7H,1H3. The minimum absolute atomic E-state index is 0.333. The first-order chi connectivity index (χ1) is 8.70. The van der Waals surface area contributed by atoms with Crippen molar-refractivity contribution in [3.63, 3.8) is 0 Å². The van der Waals surface area contributed by atoms with E-state index < -0.39 is 5.97 Å². The van der Waals surface area contributed by atoms with Crippen molar-refractivity contribution >= 4 is 29.3 Å². The van der Waals surface area contributed by atoms with Crippen molar-refractivity contribution in [1.29, 1.82) is 0 Å². The van der Waals surface area contributed by atoms with Gasteiger partial charge in [0.15, 0.2) is 5.16 Å². The summed E-state index contributed by atoms with van der Waals surface area (Å²) in [4.78, 5) is 20.5. The average Bonchev–Trinajstić information content (AvgIpc) is 2.41. The number of halogens is 1. The van der Waals surface area contributed by atoms with Crippen LogP contribution in [-0.4, -0.2) is 23.0 Å². The van der Waals surface area contributed by atoms with Crippen molar-refractivity contribution < 1.29 is 9.53 Å². The number of ether oxygens (including phenoxy) is 1. The second-order valence-corrected chi connectivity index (χ2v) is 4.71. The van der Waals surface area contributed by atoms with Gasteiger partial charge in [0.05, 0.1) is 17.7 Å². The maximum atomic E-state index is 11.5. The zero-order chi connectivity index (χ0) is 13.0. The van der Waals surface area contributed by atoms with Crippen LogP contribution in [0.2, 0.25) is 5.02 Å². The van der Waals surface area contributed by atoms with Gasteiger partial charge in [-0.05, 0) is 36.0 Å². The zero-order valence-corrected chi connectivity index (χ0v) is 11.0. The molecule has 0 amide bonds. The molecule has 0 aliphatic heterocycles. The molecule has 0 saturated carbocycles. The summed E-state index contributed by atoms with van der Waals surface area (Å²) in [5.74, 6) is -0.462. The Morgan fingerprint density at radius 2 is 2.06 bits per heavy atom. The Kier molecular flexibility index (Phi) is 4.17. The first-order valence-corrected chi connectivity index (χ1v) is 6.23. The second-order valence-electron chi connectivity index (χ2n) is 3.27. The van der Waals surface area contributed by atoms with Gasteiger partial charge in [-0.15, -0.1) is 0 Å². The molecule has 6 heteroatoms. The molecule has 0 unspecified atom stereocenters. The van der Waals surface area contributed by atoms with E-state index in [2.05, 4.69) is 14.7 Å². The van der Waals surface area contributed by atoms with Crippen molar-refractivity contribution in [2.45, 2.75) is 10.1 Å². The van der Waals surface area contributed by atoms with Gasteiger partial charge in [0.2, 0.25) is 0 Å². The van der Waals surface area contributed by atoms with Crippen LogP contribution in [0.1, 0.15) is 10.4 Å². The summed E-state index contributed by atoms with van der Waals surface area (Å²) in [7, 11) is 1.32. The third-order valence-electron chi connectivity index (χ3n) is 2.09. The van der Waals surface area contributed by atoms with Crippen LogP contribution in [0.3, 0.4) is 0 Å². The van der Waals surface area contributed by atoms with Crippen molar-refractivity contribution in [1.82, 2.24) is 9.97 Å². The molecule has 0 bridgehead atoms. The van der Waals surface area contributed by atoms with E-state index in [1.807, 2.05) is 0 Å². The highest BCUT2D eigenvalue weighted by molar-refractivity contribution is 7.99. The van der Waals surface area contributed by atoms with Gasteiger partial charge in [0, 0.05) is 17.3 Å². The average molecular weight is 281 g/mol. The largest absolute Gasteiger partial charge is 0.465 e. The number of rotatable bonds is 3. The molecule has 1 aromatic heterocycles. The fourth-order valence-corrected chi connectivity index (χ4v) is 2.22. The van der Waals surface area contributed by atoms with Gasteiger partial charge in [-0.2, -0.15) is 0 Å². The van der Waals surface area contributed by atoms with E-state index in [1.165, 1.54) is 18.9 Å². The van der Waals surface area contributed by atoms with Crippen molar-refractivity contribution in [2.24, 2.45) is 0 Å². The third kappa shape index (κ3) is 3.00. The molecule has 0 spiro atoms. The fourth-order valence-electron chi connectivity index (χ4n) is 1.28. The number of benzene rings is 1. The zero-order valence-electron chi connectivity index (χ0n) is 9.46. The van der Waals surface area contributed by atoms with E-state index in [0.717, 1.165) is 4.90 Å². The maximum absolute atomic E-state index is 11.5. The molecule has 0 fully saturated rings. The van der Waals surface area contributed by atoms with Gasteiger partial charge in [-0.3, -0.25) is 0 Å². The predicted octanol–water partition coefficient (Wildman–Crippen LogP) is 3.07. The normalized spacial score (nSPS) is 10.1. The molecule has 1 aromatic carbocycles. The number of hydrogen-bond acceptors (Lipinski definition) is 5. The van der Waals surface area contributed by atoms with E-state index in [-0.39, 0.29) is 0 Å². The minimum Gasteiger partial charge on any atom is -0.465 e. The highest BCUT2D eigenvalue weighted by Crippen LogP contribution is 2.28. The monoisotopic (exact) mass is 280 g/mol. The van der Waals surface area contributed by atoms with Crippen LogP contribution in [0.25, 0.3) is 0 Å². The Hall–Kier alpha value is -1.59. The number of hydrogen-bond donors (Lipinski definition) is 0. The van der Waals surface area contributed by atoms with E-state index in [4.69, 9.17) is 11.6 Å². The Morgan fingerprint density at radius 3 is 2.72 bits per heavy atom. The van der Waals surface area contributed by atoms with Crippen LogP contribution in [0.5, 0.6) is 0 Å². The molecule has 1 heterocycles. The first-order valence-electron chi connectivity index (χ1n) is 5.03. The molecule has 0 atom stereocenters. The fraction of sp³-hybridized carbons (Fsp3) is 0.0833. The van der Waals surface area contributed by atoms with Crippen molar-refractivity contribution in [3.05, 3.63) is 47.2 Å². The molecule has 0 radical (unpaired) electrons. The van der Waals surface area contributed by atoms with E-state index in [1.54, 1.807) is 36.7 Å². The van der Waals surface area contributed by atoms with E-state index in [9.17, 15) is 4.79 Å². The molecule has 2 aromatic rings. The van der Waals surface area contributed by atoms with Gasteiger partial charge in [0.1, 0.15) is 0 Å². The summed E-state index contributed by atoms with van der Waals surface area (Å²) >= 11 is 7.28. The lowest BCUT2D eigenvalue weighted by Gasteiger charge is -2.05. The molecular formula is C12H9ClN2O2S. The topological polar surface area (TPSA) is 52.1 Å². The Morgan fingerprint density at radius 1 is 1.33 bits per heavy atom. The van der Waals surface area contributed by atoms with Gasteiger partial charge < -0.3 is 4.74 Å². The van der Waals surface area contributed by atoms with Gasteiger partial charge in [-0.25, -0.2) is 14.8 Å². The van der Waals surface area contributed by atoms with Gasteiger partial charge >= 0.3 is 5.97 Å². The number of nitrogens with zero attached hydrogens (tertiary/aromatic N) is 2. The van der Waals surface area contributed by atoms with Crippen LogP contribution in [-0.2, 0) is 4.74 Å².